The highest BCUT2D eigenvalue weighted by Crippen LogP contribution is 2.12. The molecule has 9 nitrogen and oxygen atoms in total. The Morgan fingerprint density at radius 1 is 1.32 bits per heavy atom. The number of carboxylic acid groups (broad SMARTS) is 1. The zero-order valence-electron chi connectivity index (χ0n) is 16.4. The van der Waals surface area contributed by atoms with Crippen LogP contribution in [0.3, 0.4) is 0 Å². The van der Waals surface area contributed by atoms with Crippen LogP contribution in [0.2, 0.25) is 0 Å². The molecule has 160 valence electrons. The number of nitrogens with zero attached hydrogens (tertiary/aromatic N) is 1. The fourth-order valence-corrected chi connectivity index (χ4v) is 2.50. The molecule has 2 amide bonds. The molecule has 1 aromatic heterocycles. The summed E-state index contributed by atoms with van der Waals surface area (Å²) in [6.45, 7) is 4.62. The number of H-pyrrole nitrogens is 1. The second-order valence-corrected chi connectivity index (χ2v) is 6.41. The second-order valence-electron chi connectivity index (χ2n) is 6.41. The number of halogens is 1. The highest BCUT2D eigenvalue weighted by Gasteiger charge is 2.21. The summed E-state index contributed by atoms with van der Waals surface area (Å²) in [5.41, 5.74) is 0.540. The molecular weight excluding hydrogens is 388 g/mol. The lowest BCUT2D eigenvalue weighted by Gasteiger charge is -2.15. The summed E-state index contributed by atoms with van der Waals surface area (Å²) in [7, 11) is 0. The average molecular weight is 419 g/mol. The number of amides is 2. The predicted molar refractivity (Wildman–Crippen MR) is 106 cm³/mol. The van der Waals surface area contributed by atoms with Crippen LogP contribution < -0.4 is 10.6 Å². The Kier molecular flexibility index (Phi) is 13.5. The van der Waals surface area contributed by atoms with Crippen molar-refractivity contribution in [3.63, 3.8) is 0 Å². The number of hydrogen-bond acceptors (Lipinski definition) is 5. The van der Waals surface area contributed by atoms with Gasteiger partial charge in [-0.3, -0.25) is 4.79 Å². The van der Waals surface area contributed by atoms with Crippen LogP contribution in [0.25, 0.3) is 0 Å². The lowest BCUT2D eigenvalue weighted by atomic mass is 10.0. The minimum Gasteiger partial charge on any atom is -0.480 e. The molecule has 0 aliphatic rings. The summed E-state index contributed by atoms with van der Waals surface area (Å²) in [4.78, 5) is 41.5. The minimum atomic E-state index is -1.14. The standard InChI is InChI=1S/C18H30N4O5.ClH/c1-3-5-6-13(4-2)11-27-18(26)20-8-7-16(23)22-15(17(24)25)9-14-10-19-12-21-14;/h10,12-13,15H,3-9,11H2,1-2H3,(H,19,21)(H,20,26)(H,22,23)(H,24,25);1H/t13?,15-;/m0./s1. The highest BCUT2D eigenvalue weighted by atomic mass is 35.5. The molecule has 0 saturated heterocycles. The van der Waals surface area contributed by atoms with Crippen LogP contribution in [0.15, 0.2) is 12.5 Å². The topological polar surface area (TPSA) is 133 Å². The van der Waals surface area contributed by atoms with Crippen molar-refractivity contribution in [1.82, 2.24) is 20.6 Å². The van der Waals surface area contributed by atoms with Gasteiger partial charge in [0.25, 0.3) is 0 Å². The van der Waals surface area contributed by atoms with Crippen molar-refractivity contribution in [3.8, 4) is 0 Å². The summed E-state index contributed by atoms with van der Waals surface area (Å²) < 4.78 is 5.18. The van der Waals surface area contributed by atoms with Gasteiger partial charge in [0.15, 0.2) is 0 Å². The number of unbranched alkanes of at least 4 members (excludes halogenated alkanes) is 1. The minimum absolute atomic E-state index is 0. The van der Waals surface area contributed by atoms with E-state index in [9.17, 15) is 19.5 Å². The Balaban J connectivity index is 0.00000729. The van der Waals surface area contributed by atoms with Crippen molar-refractivity contribution in [2.24, 2.45) is 5.92 Å². The van der Waals surface area contributed by atoms with Gasteiger partial charge in [-0.2, -0.15) is 0 Å². The Hall–Kier alpha value is -2.29. The fraction of sp³-hybridized carbons (Fsp3) is 0.667. The van der Waals surface area contributed by atoms with E-state index >= 15 is 0 Å². The van der Waals surface area contributed by atoms with Gasteiger partial charge in [-0.05, 0) is 12.3 Å². The van der Waals surface area contributed by atoms with E-state index in [-0.39, 0.29) is 31.8 Å². The van der Waals surface area contributed by atoms with Crippen molar-refractivity contribution < 1.29 is 24.2 Å². The van der Waals surface area contributed by atoms with Crippen LogP contribution in [-0.2, 0) is 20.7 Å². The molecule has 10 heteroatoms. The van der Waals surface area contributed by atoms with Crippen molar-refractivity contribution in [2.75, 3.05) is 13.2 Å². The number of rotatable bonds is 13. The average Bonchev–Trinajstić information content (AvgIpc) is 3.14. The number of ether oxygens (including phenoxy) is 1. The van der Waals surface area contributed by atoms with Gasteiger partial charge in [0.1, 0.15) is 6.04 Å². The van der Waals surface area contributed by atoms with Gasteiger partial charge in [-0.15, -0.1) is 12.4 Å². The van der Waals surface area contributed by atoms with Crippen molar-refractivity contribution in [3.05, 3.63) is 18.2 Å². The molecule has 0 aliphatic heterocycles. The summed E-state index contributed by atoms with van der Waals surface area (Å²) >= 11 is 0. The number of carbonyl (C=O) groups excluding carboxylic acids is 2. The van der Waals surface area contributed by atoms with Crippen LogP contribution in [0.4, 0.5) is 4.79 Å². The molecule has 4 N–H and O–H groups in total. The van der Waals surface area contributed by atoms with E-state index < -0.39 is 24.0 Å². The van der Waals surface area contributed by atoms with Crippen molar-refractivity contribution >= 4 is 30.4 Å². The molecule has 28 heavy (non-hydrogen) atoms. The van der Waals surface area contributed by atoms with E-state index in [1.807, 2.05) is 0 Å². The molecule has 1 rings (SSSR count). The first-order valence-electron chi connectivity index (χ1n) is 9.36. The normalized spacial score (nSPS) is 12.4. The summed E-state index contributed by atoms with van der Waals surface area (Å²) in [6, 6.07) is -1.07. The lowest BCUT2D eigenvalue weighted by Crippen LogP contribution is -2.43. The number of nitrogens with one attached hydrogen (secondary N) is 3. The molecule has 1 heterocycles. The van der Waals surface area contributed by atoms with E-state index in [2.05, 4.69) is 34.4 Å². The van der Waals surface area contributed by atoms with Crippen LogP contribution in [0, 0.1) is 5.92 Å². The maximum Gasteiger partial charge on any atom is 0.407 e. The van der Waals surface area contributed by atoms with Gasteiger partial charge in [0.2, 0.25) is 5.91 Å². The first-order valence-corrected chi connectivity index (χ1v) is 9.36. The van der Waals surface area contributed by atoms with Gasteiger partial charge < -0.3 is 25.5 Å². The third kappa shape index (κ3) is 10.8. The number of aromatic nitrogens is 2. The molecule has 0 radical (unpaired) electrons. The van der Waals surface area contributed by atoms with Crippen LogP contribution >= 0.6 is 12.4 Å². The zero-order valence-corrected chi connectivity index (χ0v) is 17.2. The Morgan fingerprint density at radius 2 is 2.07 bits per heavy atom. The summed E-state index contributed by atoms with van der Waals surface area (Å²) in [5.74, 6) is -1.26. The maximum absolute atomic E-state index is 11.9. The molecule has 0 aliphatic carbocycles. The molecule has 0 bridgehead atoms. The van der Waals surface area contributed by atoms with E-state index in [1.165, 1.54) is 6.33 Å². The number of aliphatic carboxylic acids is 1. The van der Waals surface area contributed by atoms with Gasteiger partial charge >= 0.3 is 12.1 Å². The summed E-state index contributed by atoms with van der Waals surface area (Å²) in [6.07, 6.45) is 6.67. The molecular formula is C18H31ClN4O5. The number of aromatic amines is 1. The SMILES string of the molecule is CCCCC(CC)COC(=O)NCCC(=O)N[C@@H](Cc1c[nH]cn1)C(=O)O.Cl. The number of imidazole rings is 1. The Bertz CT molecular complexity index is 583. The van der Waals surface area contributed by atoms with E-state index in [0.717, 1.165) is 25.7 Å². The molecule has 0 saturated carbocycles. The number of carboxylic acids is 1. The number of carbonyl (C=O) groups is 3. The number of hydrogen-bond donors (Lipinski definition) is 4. The molecule has 0 spiro atoms. The largest absolute Gasteiger partial charge is 0.480 e. The fourth-order valence-electron chi connectivity index (χ4n) is 2.50. The Morgan fingerprint density at radius 3 is 2.64 bits per heavy atom. The van der Waals surface area contributed by atoms with Crippen LogP contribution in [0.5, 0.6) is 0 Å². The quantitative estimate of drug-likeness (QED) is 0.388. The van der Waals surface area contributed by atoms with Crippen molar-refractivity contribution in [2.45, 2.75) is 58.4 Å². The van der Waals surface area contributed by atoms with Crippen LogP contribution in [-0.4, -0.2) is 52.2 Å². The third-order valence-corrected chi connectivity index (χ3v) is 4.22. The third-order valence-electron chi connectivity index (χ3n) is 4.22. The molecule has 2 atom stereocenters. The molecule has 1 unspecified atom stereocenters. The second kappa shape index (κ2) is 14.7. The number of alkyl carbamates (subject to hydrolysis) is 1. The monoisotopic (exact) mass is 418 g/mol. The summed E-state index contributed by atoms with van der Waals surface area (Å²) in [5, 5.41) is 14.1. The van der Waals surface area contributed by atoms with Gasteiger partial charge in [-0.1, -0.05) is 33.1 Å². The van der Waals surface area contributed by atoms with Crippen LogP contribution in [0.1, 0.15) is 51.6 Å². The van der Waals surface area contributed by atoms with Gasteiger partial charge in [0.05, 0.1) is 18.6 Å². The van der Waals surface area contributed by atoms with Gasteiger partial charge in [0, 0.05) is 25.6 Å². The van der Waals surface area contributed by atoms with E-state index in [4.69, 9.17) is 4.74 Å². The first-order chi connectivity index (χ1) is 13.0. The Labute approximate surface area is 171 Å². The molecule has 0 fully saturated rings. The van der Waals surface area contributed by atoms with Gasteiger partial charge in [-0.25, -0.2) is 14.6 Å². The highest BCUT2D eigenvalue weighted by molar-refractivity contribution is 5.85. The van der Waals surface area contributed by atoms with E-state index in [0.29, 0.717) is 18.2 Å². The maximum atomic E-state index is 11.9. The zero-order chi connectivity index (χ0) is 20.1. The lowest BCUT2D eigenvalue weighted by molar-refractivity contribution is -0.141. The smallest absolute Gasteiger partial charge is 0.407 e. The first kappa shape index (κ1) is 25.7. The predicted octanol–water partition coefficient (Wildman–Crippen LogP) is 2.28. The van der Waals surface area contributed by atoms with Crippen molar-refractivity contribution in [1.29, 1.82) is 0 Å². The molecule has 0 aromatic carbocycles. The molecule has 1 aromatic rings. The van der Waals surface area contributed by atoms with E-state index in [1.54, 1.807) is 6.20 Å².